The monoisotopic (exact) mass is 481 g/mol. The van der Waals surface area contributed by atoms with Crippen LogP contribution in [0.15, 0.2) is 82.8 Å². The van der Waals surface area contributed by atoms with Crippen molar-refractivity contribution in [1.29, 1.82) is 0 Å². The number of benzene rings is 2. The molecule has 3 aromatic rings. The van der Waals surface area contributed by atoms with Gasteiger partial charge in [0.2, 0.25) is 5.91 Å². The molecule has 0 radical (unpaired) electrons. The van der Waals surface area contributed by atoms with Crippen molar-refractivity contribution in [3.63, 3.8) is 0 Å². The van der Waals surface area contributed by atoms with Gasteiger partial charge in [-0.2, -0.15) is 13.2 Å². The van der Waals surface area contributed by atoms with Crippen molar-refractivity contribution >= 4 is 39.1 Å². The van der Waals surface area contributed by atoms with Gasteiger partial charge in [0.1, 0.15) is 0 Å². The second kappa shape index (κ2) is 9.61. The normalized spacial score (nSPS) is 11.8. The highest BCUT2D eigenvalue weighted by Gasteiger charge is 2.30. The Morgan fingerprint density at radius 2 is 1.78 bits per heavy atom. The number of nitrogens with zero attached hydrogens (tertiary/aromatic N) is 2. The molecular formula is C21H18F3N3O3S2. The molecule has 1 amide bonds. The van der Waals surface area contributed by atoms with Gasteiger partial charge in [0.05, 0.1) is 26.9 Å². The predicted octanol–water partition coefficient (Wildman–Crippen LogP) is 4.66. The van der Waals surface area contributed by atoms with Crippen LogP contribution in [-0.2, 0) is 21.0 Å². The molecule has 0 spiro atoms. The molecule has 11 heteroatoms. The highest BCUT2D eigenvalue weighted by molar-refractivity contribution is 7.99. The number of aromatic nitrogens is 1. The summed E-state index contributed by atoms with van der Waals surface area (Å²) < 4.78 is 64.7. The van der Waals surface area contributed by atoms with Crippen molar-refractivity contribution in [2.45, 2.75) is 16.1 Å². The summed E-state index contributed by atoms with van der Waals surface area (Å²) in [6.07, 6.45) is -3.77. The average Bonchev–Trinajstić information content (AvgIpc) is 2.77. The fourth-order valence-corrected chi connectivity index (χ4v) is 4.52. The zero-order valence-electron chi connectivity index (χ0n) is 16.7. The zero-order valence-corrected chi connectivity index (χ0v) is 18.3. The van der Waals surface area contributed by atoms with Crippen LogP contribution < -0.4 is 9.62 Å². The fraction of sp³-hybridized carbons (Fsp3) is 0.143. The first-order valence-electron chi connectivity index (χ1n) is 9.17. The Bertz CT molecular complexity index is 1190. The Morgan fingerprint density at radius 3 is 2.41 bits per heavy atom. The molecule has 0 fully saturated rings. The summed E-state index contributed by atoms with van der Waals surface area (Å²) in [6.45, 7) is 0. The molecule has 0 atom stereocenters. The van der Waals surface area contributed by atoms with Crippen molar-refractivity contribution in [2.75, 3.05) is 22.4 Å². The average molecular weight is 482 g/mol. The van der Waals surface area contributed by atoms with Crippen molar-refractivity contribution in [3.8, 4) is 0 Å². The minimum atomic E-state index is -4.48. The molecule has 168 valence electrons. The van der Waals surface area contributed by atoms with Gasteiger partial charge in [0, 0.05) is 18.9 Å². The molecule has 32 heavy (non-hydrogen) atoms. The molecule has 0 saturated carbocycles. The Morgan fingerprint density at radius 1 is 1.06 bits per heavy atom. The third-order valence-electron chi connectivity index (χ3n) is 4.31. The van der Waals surface area contributed by atoms with E-state index in [0.717, 1.165) is 22.1 Å². The summed E-state index contributed by atoms with van der Waals surface area (Å²) in [5.74, 6) is -0.568. The molecule has 3 rings (SSSR count). The number of carbonyl (C=O) groups is 1. The lowest BCUT2D eigenvalue weighted by Crippen LogP contribution is -2.26. The van der Waals surface area contributed by atoms with Gasteiger partial charge >= 0.3 is 6.18 Å². The van der Waals surface area contributed by atoms with Crippen molar-refractivity contribution < 1.29 is 26.4 Å². The minimum Gasteiger partial charge on any atom is -0.325 e. The zero-order chi connectivity index (χ0) is 23.4. The first-order valence-corrected chi connectivity index (χ1v) is 11.6. The van der Waals surface area contributed by atoms with E-state index in [2.05, 4.69) is 10.3 Å². The first-order chi connectivity index (χ1) is 15.1. The van der Waals surface area contributed by atoms with Crippen LogP contribution in [0.25, 0.3) is 0 Å². The second-order valence-corrected chi connectivity index (χ2v) is 9.52. The number of sulfonamides is 1. The maximum absolute atomic E-state index is 12.9. The molecule has 6 nitrogen and oxygen atoms in total. The van der Waals surface area contributed by atoms with Crippen LogP contribution in [0.3, 0.4) is 0 Å². The largest absolute Gasteiger partial charge is 0.417 e. The first kappa shape index (κ1) is 23.6. The number of thioether (sulfide) groups is 1. The molecule has 0 aliphatic rings. The van der Waals surface area contributed by atoms with Gasteiger partial charge in [-0.1, -0.05) is 36.0 Å². The Kier molecular flexibility index (Phi) is 7.09. The molecule has 0 saturated heterocycles. The van der Waals surface area contributed by atoms with Crippen LogP contribution in [0.4, 0.5) is 24.5 Å². The Hall–Kier alpha value is -3.05. The van der Waals surface area contributed by atoms with E-state index in [9.17, 15) is 26.4 Å². The lowest BCUT2D eigenvalue weighted by molar-refractivity contribution is -0.137. The summed E-state index contributed by atoms with van der Waals surface area (Å²) in [6, 6.07) is 16.4. The van der Waals surface area contributed by atoms with Crippen LogP contribution in [-0.4, -0.2) is 32.1 Å². The highest BCUT2D eigenvalue weighted by atomic mass is 32.2. The molecule has 0 aliphatic carbocycles. The number of pyridine rings is 1. The number of anilines is 2. The number of hydrogen-bond acceptors (Lipinski definition) is 5. The smallest absolute Gasteiger partial charge is 0.325 e. The SMILES string of the molecule is CN(c1ccccc1)S(=O)(=O)c1cccc(NC(=O)CSc2ccc(C(F)(F)F)cn2)c1. The van der Waals surface area contributed by atoms with E-state index < -0.39 is 27.7 Å². The Balaban J connectivity index is 1.65. The van der Waals surface area contributed by atoms with E-state index in [1.165, 1.54) is 31.3 Å². The molecule has 0 bridgehead atoms. The molecule has 0 unspecified atom stereocenters. The molecule has 1 N–H and O–H groups in total. The lowest BCUT2D eigenvalue weighted by atomic mass is 10.3. The second-order valence-electron chi connectivity index (χ2n) is 6.56. The van der Waals surface area contributed by atoms with Gasteiger partial charge in [-0.25, -0.2) is 13.4 Å². The van der Waals surface area contributed by atoms with E-state index in [4.69, 9.17) is 0 Å². The van der Waals surface area contributed by atoms with Crippen molar-refractivity contribution in [1.82, 2.24) is 4.98 Å². The maximum Gasteiger partial charge on any atom is 0.417 e. The van der Waals surface area contributed by atoms with E-state index in [1.54, 1.807) is 36.4 Å². The van der Waals surface area contributed by atoms with Crippen molar-refractivity contribution in [3.05, 3.63) is 78.5 Å². The third-order valence-corrected chi connectivity index (χ3v) is 7.04. The molecule has 0 aliphatic heterocycles. The standard InChI is InChI=1S/C21H18F3N3O3S2/c1-27(17-7-3-2-4-8-17)32(29,30)18-9-5-6-16(12-18)26-19(28)14-31-20-11-10-15(13-25-20)21(22,23)24/h2-13H,14H2,1H3,(H,26,28). The fourth-order valence-electron chi connectivity index (χ4n) is 2.64. The van der Waals surface area contributed by atoms with Crippen LogP contribution in [0.5, 0.6) is 0 Å². The highest BCUT2D eigenvalue weighted by Crippen LogP contribution is 2.29. The number of amides is 1. The van der Waals surface area contributed by atoms with E-state index in [0.29, 0.717) is 11.9 Å². The van der Waals surface area contributed by atoms with E-state index >= 15 is 0 Å². The van der Waals surface area contributed by atoms with Crippen LogP contribution in [0, 0.1) is 0 Å². The van der Waals surface area contributed by atoms with Gasteiger partial charge < -0.3 is 5.32 Å². The molecule has 2 aromatic carbocycles. The molecular weight excluding hydrogens is 463 g/mol. The quantitative estimate of drug-likeness (QED) is 0.497. The predicted molar refractivity (Wildman–Crippen MR) is 117 cm³/mol. The topological polar surface area (TPSA) is 79.4 Å². The summed E-state index contributed by atoms with van der Waals surface area (Å²) in [5.41, 5.74) is -0.106. The van der Waals surface area contributed by atoms with Gasteiger partial charge in [-0.3, -0.25) is 9.10 Å². The molecule has 1 aromatic heterocycles. The van der Waals surface area contributed by atoms with Gasteiger partial charge in [0.25, 0.3) is 10.0 Å². The number of rotatable bonds is 7. The van der Waals surface area contributed by atoms with Gasteiger partial charge in [0.15, 0.2) is 0 Å². The molecule has 1 heterocycles. The summed E-state index contributed by atoms with van der Waals surface area (Å²) in [7, 11) is -2.41. The Labute approximate surface area is 187 Å². The van der Waals surface area contributed by atoms with Gasteiger partial charge in [-0.15, -0.1) is 0 Å². The number of alkyl halides is 3. The number of halogens is 3. The van der Waals surface area contributed by atoms with Gasteiger partial charge in [-0.05, 0) is 42.5 Å². The number of hydrogen-bond donors (Lipinski definition) is 1. The third kappa shape index (κ3) is 5.80. The minimum absolute atomic E-state index is 0.00119. The number of nitrogens with one attached hydrogen (secondary N) is 1. The lowest BCUT2D eigenvalue weighted by Gasteiger charge is -2.19. The van der Waals surface area contributed by atoms with Crippen LogP contribution in [0.2, 0.25) is 0 Å². The number of carbonyl (C=O) groups excluding carboxylic acids is 1. The summed E-state index contributed by atoms with van der Waals surface area (Å²) >= 11 is 0.962. The summed E-state index contributed by atoms with van der Waals surface area (Å²) in [4.78, 5) is 15.9. The van der Waals surface area contributed by atoms with E-state index in [1.807, 2.05) is 0 Å². The van der Waals surface area contributed by atoms with Crippen LogP contribution >= 0.6 is 11.8 Å². The van der Waals surface area contributed by atoms with E-state index in [-0.39, 0.29) is 21.4 Å². The number of para-hydroxylation sites is 1. The summed E-state index contributed by atoms with van der Waals surface area (Å²) in [5, 5.41) is 2.85. The van der Waals surface area contributed by atoms with Crippen LogP contribution in [0.1, 0.15) is 5.56 Å². The van der Waals surface area contributed by atoms with Crippen molar-refractivity contribution in [2.24, 2.45) is 0 Å². The maximum atomic E-state index is 12.9.